The maximum absolute atomic E-state index is 11.4. The van der Waals surface area contributed by atoms with Gasteiger partial charge in [0.2, 0.25) is 0 Å². The lowest BCUT2D eigenvalue weighted by atomic mass is 9.84. The first-order valence-electron chi connectivity index (χ1n) is 6.37. The molecule has 0 N–H and O–H groups in total. The molecule has 1 nitrogen and oxygen atoms in total. The molecule has 0 spiro atoms. The Bertz CT molecular complexity index is 315. The third-order valence-corrected chi connectivity index (χ3v) is 2.56. The van der Waals surface area contributed by atoms with Crippen LogP contribution in [0.2, 0.25) is 0 Å². The highest BCUT2D eigenvalue weighted by Gasteiger charge is 2.21. The highest BCUT2D eigenvalue weighted by Crippen LogP contribution is 2.22. The first kappa shape index (κ1) is 14.9. The first-order chi connectivity index (χ1) is 7.77. The molecule has 2 rings (SSSR count). The van der Waals surface area contributed by atoms with Gasteiger partial charge in [0.25, 0.3) is 0 Å². The fourth-order valence-corrected chi connectivity index (χ4v) is 1.73. The van der Waals surface area contributed by atoms with Crippen molar-refractivity contribution in [3.05, 3.63) is 35.4 Å². The summed E-state index contributed by atoms with van der Waals surface area (Å²) in [5, 5.41) is 0. The number of rotatable bonds is 0. The summed E-state index contributed by atoms with van der Waals surface area (Å²) >= 11 is 0. The molecule has 0 aromatic heterocycles. The molecule has 0 saturated heterocycles. The molecule has 1 unspecified atom stereocenters. The van der Waals surface area contributed by atoms with Gasteiger partial charge >= 0.3 is 0 Å². The monoisotopic (exact) mass is 220 g/mol. The van der Waals surface area contributed by atoms with E-state index in [1.165, 1.54) is 11.1 Å². The maximum atomic E-state index is 11.4. The second kappa shape index (κ2) is 8.09. The van der Waals surface area contributed by atoms with E-state index in [0.29, 0.717) is 12.2 Å². The summed E-state index contributed by atoms with van der Waals surface area (Å²) in [4.78, 5) is 11.4. The molecule has 0 amide bonds. The van der Waals surface area contributed by atoms with Gasteiger partial charge < -0.3 is 0 Å². The van der Waals surface area contributed by atoms with Crippen molar-refractivity contribution < 1.29 is 4.79 Å². The van der Waals surface area contributed by atoms with Crippen LogP contribution in [-0.4, -0.2) is 5.78 Å². The van der Waals surface area contributed by atoms with Crippen molar-refractivity contribution in [2.45, 2.75) is 47.5 Å². The minimum absolute atomic E-state index is 0.222. The molecule has 0 bridgehead atoms. The van der Waals surface area contributed by atoms with Gasteiger partial charge in [-0.05, 0) is 17.5 Å². The summed E-state index contributed by atoms with van der Waals surface area (Å²) in [5.74, 6) is 0.605. The summed E-state index contributed by atoms with van der Waals surface area (Å²) in [5.41, 5.74) is 2.57. The number of hydrogen-bond donors (Lipinski definition) is 0. The molecular weight excluding hydrogens is 196 g/mol. The standard InChI is InChI=1S/C11H12O.2C2H6/c1-8-6-9-4-2-3-5-10(9)7-11(8)12;2*1-2/h2-5,8H,6-7H2,1H3;2*1-2H3. The van der Waals surface area contributed by atoms with Crippen LogP contribution in [0.1, 0.15) is 45.7 Å². The van der Waals surface area contributed by atoms with Crippen molar-refractivity contribution in [2.24, 2.45) is 5.92 Å². The second-order valence-electron chi connectivity index (χ2n) is 3.52. The Hall–Kier alpha value is -1.11. The lowest BCUT2D eigenvalue weighted by molar-refractivity contribution is -0.122. The smallest absolute Gasteiger partial charge is 0.140 e. The summed E-state index contributed by atoms with van der Waals surface area (Å²) in [7, 11) is 0. The van der Waals surface area contributed by atoms with Gasteiger partial charge in [-0.15, -0.1) is 0 Å². The predicted molar refractivity (Wildman–Crippen MR) is 70.7 cm³/mol. The van der Waals surface area contributed by atoms with Crippen LogP contribution in [0.15, 0.2) is 24.3 Å². The van der Waals surface area contributed by atoms with E-state index in [1.54, 1.807) is 0 Å². The van der Waals surface area contributed by atoms with E-state index >= 15 is 0 Å². The summed E-state index contributed by atoms with van der Waals surface area (Å²) < 4.78 is 0. The molecule has 1 aliphatic carbocycles. The van der Waals surface area contributed by atoms with Crippen LogP contribution in [0.25, 0.3) is 0 Å². The Morgan fingerprint density at radius 2 is 1.50 bits per heavy atom. The van der Waals surface area contributed by atoms with Crippen molar-refractivity contribution in [3.63, 3.8) is 0 Å². The average Bonchev–Trinajstić information content (AvgIpc) is 2.36. The van der Waals surface area contributed by atoms with Crippen molar-refractivity contribution >= 4 is 5.78 Å². The van der Waals surface area contributed by atoms with E-state index in [0.717, 1.165) is 6.42 Å². The van der Waals surface area contributed by atoms with Crippen molar-refractivity contribution in [1.82, 2.24) is 0 Å². The van der Waals surface area contributed by atoms with Crippen molar-refractivity contribution in [1.29, 1.82) is 0 Å². The van der Waals surface area contributed by atoms with Crippen LogP contribution in [-0.2, 0) is 17.6 Å². The Morgan fingerprint density at radius 1 is 1.00 bits per heavy atom. The second-order valence-corrected chi connectivity index (χ2v) is 3.52. The van der Waals surface area contributed by atoms with Gasteiger partial charge in [0.15, 0.2) is 0 Å². The normalized spacial score (nSPS) is 17.3. The van der Waals surface area contributed by atoms with Gasteiger partial charge in [-0.3, -0.25) is 4.79 Å². The highest BCUT2D eigenvalue weighted by atomic mass is 16.1. The highest BCUT2D eigenvalue weighted by molar-refractivity contribution is 5.85. The molecule has 0 fully saturated rings. The summed E-state index contributed by atoms with van der Waals surface area (Å²) in [6, 6.07) is 8.22. The maximum Gasteiger partial charge on any atom is 0.140 e. The number of ketones is 1. The molecule has 16 heavy (non-hydrogen) atoms. The quantitative estimate of drug-likeness (QED) is 0.645. The molecule has 1 aromatic carbocycles. The fraction of sp³-hybridized carbons (Fsp3) is 0.533. The zero-order valence-electron chi connectivity index (χ0n) is 11.2. The van der Waals surface area contributed by atoms with Crippen LogP contribution >= 0.6 is 0 Å². The average molecular weight is 220 g/mol. The van der Waals surface area contributed by atoms with E-state index in [9.17, 15) is 4.79 Å². The van der Waals surface area contributed by atoms with Gasteiger partial charge in [0.1, 0.15) is 5.78 Å². The molecule has 0 radical (unpaired) electrons. The number of carbonyl (C=O) groups excluding carboxylic acids is 1. The van der Waals surface area contributed by atoms with Gasteiger partial charge in [-0.2, -0.15) is 0 Å². The molecule has 1 heteroatoms. The van der Waals surface area contributed by atoms with Crippen LogP contribution in [0, 0.1) is 5.92 Å². The Kier molecular flexibility index (Phi) is 7.53. The van der Waals surface area contributed by atoms with Crippen molar-refractivity contribution in [2.75, 3.05) is 0 Å². The SMILES string of the molecule is CC.CC.CC1Cc2ccccc2CC1=O. The number of benzene rings is 1. The Morgan fingerprint density at radius 3 is 2.06 bits per heavy atom. The molecule has 1 atom stereocenters. The zero-order valence-corrected chi connectivity index (χ0v) is 11.2. The van der Waals surface area contributed by atoms with Gasteiger partial charge in [-0.1, -0.05) is 58.9 Å². The van der Waals surface area contributed by atoms with Crippen LogP contribution < -0.4 is 0 Å². The zero-order chi connectivity index (χ0) is 12.6. The number of Topliss-reactive ketones (excluding diaryl/α,β-unsaturated/α-hetero) is 1. The number of hydrogen-bond acceptors (Lipinski definition) is 1. The molecular formula is C15H24O. The third kappa shape index (κ3) is 3.80. The van der Waals surface area contributed by atoms with E-state index in [1.807, 2.05) is 46.8 Å². The minimum Gasteiger partial charge on any atom is -0.299 e. The minimum atomic E-state index is 0.222. The van der Waals surface area contributed by atoms with Crippen LogP contribution in [0.4, 0.5) is 0 Å². The van der Waals surface area contributed by atoms with E-state index in [2.05, 4.69) is 12.1 Å². The predicted octanol–water partition coefficient (Wildman–Crippen LogP) is 4.04. The van der Waals surface area contributed by atoms with Crippen LogP contribution in [0.5, 0.6) is 0 Å². The largest absolute Gasteiger partial charge is 0.299 e. The van der Waals surface area contributed by atoms with E-state index in [-0.39, 0.29) is 5.92 Å². The molecule has 0 aliphatic heterocycles. The van der Waals surface area contributed by atoms with E-state index < -0.39 is 0 Å². The van der Waals surface area contributed by atoms with Crippen LogP contribution in [0.3, 0.4) is 0 Å². The first-order valence-corrected chi connectivity index (χ1v) is 6.37. The molecule has 1 aromatic rings. The Labute approximate surface area is 99.9 Å². The lowest BCUT2D eigenvalue weighted by Crippen LogP contribution is -2.22. The number of fused-ring (bicyclic) bond motifs is 1. The topological polar surface area (TPSA) is 17.1 Å². The molecule has 0 saturated carbocycles. The fourth-order valence-electron chi connectivity index (χ4n) is 1.73. The van der Waals surface area contributed by atoms with Gasteiger partial charge in [0, 0.05) is 12.3 Å². The van der Waals surface area contributed by atoms with E-state index in [4.69, 9.17) is 0 Å². The lowest BCUT2D eigenvalue weighted by Gasteiger charge is -2.19. The molecule has 90 valence electrons. The van der Waals surface area contributed by atoms with Gasteiger partial charge in [-0.25, -0.2) is 0 Å². The third-order valence-electron chi connectivity index (χ3n) is 2.56. The Balaban J connectivity index is 0.000000509. The summed E-state index contributed by atoms with van der Waals surface area (Å²) in [6.45, 7) is 10.0. The summed E-state index contributed by atoms with van der Waals surface area (Å²) in [6.07, 6.45) is 1.56. The number of carbonyl (C=O) groups is 1. The molecule has 0 heterocycles. The molecule has 1 aliphatic rings. The van der Waals surface area contributed by atoms with Gasteiger partial charge in [0.05, 0.1) is 0 Å². The van der Waals surface area contributed by atoms with Crippen molar-refractivity contribution in [3.8, 4) is 0 Å².